The zero-order valence-electron chi connectivity index (χ0n) is 18.4. The van der Waals surface area contributed by atoms with Gasteiger partial charge in [-0.2, -0.15) is 0 Å². The second-order valence-electron chi connectivity index (χ2n) is 7.57. The SMILES string of the molecule is COc1cccc(-n2c(SCC(=O)OCc3ccccc3)nc3c([nH]c4ccccc43)c2=O)c1. The van der Waals surface area contributed by atoms with Crippen LogP contribution in [0.4, 0.5) is 0 Å². The topological polar surface area (TPSA) is 86.2 Å². The van der Waals surface area contributed by atoms with Gasteiger partial charge >= 0.3 is 5.97 Å². The molecule has 0 amide bonds. The van der Waals surface area contributed by atoms with E-state index in [0.717, 1.165) is 28.2 Å². The van der Waals surface area contributed by atoms with E-state index in [2.05, 4.69) is 4.98 Å². The molecule has 0 aliphatic carbocycles. The Morgan fingerprint density at radius 2 is 1.82 bits per heavy atom. The number of carbonyl (C=O) groups is 1. The average molecular weight is 472 g/mol. The number of rotatable bonds is 7. The summed E-state index contributed by atoms with van der Waals surface area (Å²) in [6.45, 7) is 0.192. The number of esters is 1. The molecule has 0 saturated heterocycles. The van der Waals surface area contributed by atoms with E-state index >= 15 is 0 Å². The second-order valence-corrected chi connectivity index (χ2v) is 8.51. The summed E-state index contributed by atoms with van der Waals surface area (Å²) >= 11 is 1.16. The maximum Gasteiger partial charge on any atom is 0.316 e. The first-order valence-electron chi connectivity index (χ1n) is 10.6. The number of para-hydroxylation sites is 1. The molecule has 0 saturated carbocycles. The van der Waals surface area contributed by atoms with Gasteiger partial charge in [0, 0.05) is 17.0 Å². The van der Waals surface area contributed by atoms with Crippen molar-refractivity contribution in [3.63, 3.8) is 0 Å². The molecule has 0 aliphatic heterocycles. The van der Waals surface area contributed by atoms with E-state index in [0.29, 0.717) is 27.6 Å². The van der Waals surface area contributed by atoms with Gasteiger partial charge in [0.05, 0.1) is 18.6 Å². The maximum absolute atomic E-state index is 13.6. The highest BCUT2D eigenvalue weighted by molar-refractivity contribution is 7.99. The van der Waals surface area contributed by atoms with E-state index < -0.39 is 0 Å². The summed E-state index contributed by atoms with van der Waals surface area (Å²) in [5, 5.41) is 1.24. The first-order chi connectivity index (χ1) is 16.6. The Kier molecular flexibility index (Phi) is 6.05. The number of aromatic nitrogens is 3. The Bertz CT molecular complexity index is 1540. The number of ether oxygens (including phenoxy) is 2. The standard InChI is InChI=1S/C26H21N3O4S/c1-32-19-11-7-10-18(14-19)29-25(31)24-23(20-12-5-6-13-21(20)27-24)28-26(29)34-16-22(30)33-15-17-8-3-2-4-9-17/h2-14,27H,15-16H2,1H3. The van der Waals surface area contributed by atoms with Crippen LogP contribution in [-0.4, -0.2) is 33.4 Å². The van der Waals surface area contributed by atoms with Crippen molar-refractivity contribution in [1.82, 2.24) is 14.5 Å². The van der Waals surface area contributed by atoms with Gasteiger partial charge in [-0.25, -0.2) is 4.98 Å². The number of fused-ring (bicyclic) bond motifs is 3. The van der Waals surface area contributed by atoms with Crippen LogP contribution >= 0.6 is 11.8 Å². The third-order valence-corrected chi connectivity index (χ3v) is 6.28. The molecule has 0 aliphatic rings. The van der Waals surface area contributed by atoms with Crippen molar-refractivity contribution in [2.45, 2.75) is 11.8 Å². The number of carbonyl (C=O) groups excluding carboxylic acids is 1. The minimum Gasteiger partial charge on any atom is -0.497 e. The number of nitrogens with zero attached hydrogens (tertiary/aromatic N) is 2. The fourth-order valence-corrected chi connectivity index (χ4v) is 4.52. The van der Waals surface area contributed by atoms with Gasteiger partial charge in [0.2, 0.25) is 0 Å². The van der Waals surface area contributed by atoms with Crippen molar-refractivity contribution < 1.29 is 14.3 Å². The van der Waals surface area contributed by atoms with Crippen LogP contribution in [0.3, 0.4) is 0 Å². The third kappa shape index (κ3) is 4.27. The predicted octanol–water partition coefficient (Wildman–Crippen LogP) is 4.71. The number of thioether (sulfide) groups is 1. The van der Waals surface area contributed by atoms with Gasteiger partial charge in [0.15, 0.2) is 5.16 Å². The Morgan fingerprint density at radius 1 is 1.03 bits per heavy atom. The lowest BCUT2D eigenvalue weighted by Gasteiger charge is -2.13. The summed E-state index contributed by atoms with van der Waals surface area (Å²) in [4.78, 5) is 34.0. The number of benzene rings is 3. The van der Waals surface area contributed by atoms with E-state index in [9.17, 15) is 9.59 Å². The van der Waals surface area contributed by atoms with Gasteiger partial charge in [0.25, 0.3) is 5.56 Å². The van der Waals surface area contributed by atoms with Crippen LogP contribution in [-0.2, 0) is 16.1 Å². The highest BCUT2D eigenvalue weighted by Gasteiger charge is 2.18. The molecule has 3 aromatic carbocycles. The molecule has 8 heteroatoms. The highest BCUT2D eigenvalue weighted by Crippen LogP contribution is 2.27. The van der Waals surface area contributed by atoms with E-state index in [1.807, 2.05) is 54.6 Å². The van der Waals surface area contributed by atoms with Gasteiger partial charge in [-0.3, -0.25) is 14.2 Å². The predicted molar refractivity (Wildman–Crippen MR) is 133 cm³/mol. The van der Waals surface area contributed by atoms with Crippen LogP contribution in [0.5, 0.6) is 5.75 Å². The second kappa shape index (κ2) is 9.44. The summed E-state index contributed by atoms with van der Waals surface area (Å²) in [6.07, 6.45) is 0. The Morgan fingerprint density at radius 3 is 2.65 bits per heavy atom. The van der Waals surface area contributed by atoms with E-state index in [-0.39, 0.29) is 23.9 Å². The molecular weight excluding hydrogens is 450 g/mol. The quantitative estimate of drug-likeness (QED) is 0.210. The summed E-state index contributed by atoms with van der Waals surface area (Å²) in [7, 11) is 1.57. The molecule has 0 radical (unpaired) electrons. The molecule has 0 bridgehead atoms. The van der Waals surface area contributed by atoms with Crippen LogP contribution in [0.2, 0.25) is 0 Å². The normalized spacial score (nSPS) is 11.1. The summed E-state index contributed by atoms with van der Waals surface area (Å²) in [6, 6.07) is 24.3. The van der Waals surface area contributed by atoms with Crippen LogP contribution in [0.25, 0.3) is 27.6 Å². The van der Waals surface area contributed by atoms with Gasteiger partial charge < -0.3 is 14.5 Å². The lowest BCUT2D eigenvalue weighted by Crippen LogP contribution is -2.22. The van der Waals surface area contributed by atoms with E-state index in [4.69, 9.17) is 14.5 Å². The van der Waals surface area contributed by atoms with Crippen LogP contribution < -0.4 is 10.3 Å². The Labute approximate surface area is 199 Å². The lowest BCUT2D eigenvalue weighted by atomic mass is 10.2. The first-order valence-corrected chi connectivity index (χ1v) is 11.6. The first kappa shape index (κ1) is 21.8. The van der Waals surface area contributed by atoms with Gasteiger partial charge in [0.1, 0.15) is 23.4 Å². The summed E-state index contributed by atoms with van der Waals surface area (Å²) in [5.74, 6) is 0.232. The van der Waals surface area contributed by atoms with Crippen LogP contribution in [0, 0.1) is 0 Å². The van der Waals surface area contributed by atoms with Gasteiger partial charge in [-0.05, 0) is 23.8 Å². The summed E-state index contributed by atoms with van der Waals surface area (Å²) in [5.41, 5.74) is 3.04. The van der Waals surface area contributed by atoms with E-state index in [1.54, 1.807) is 31.4 Å². The van der Waals surface area contributed by atoms with Crippen molar-refractivity contribution in [2.24, 2.45) is 0 Å². The maximum atomic E-state index is 13.6. The molecule has 1 N–H and O–H groups in total. The van der Waals surface area contributed by atoms with Crippen molar-refractivity contribution >= 4 is 39.7 Å². The summed E-state index contributed by atoms with van der Waals surface area (Å²) < 4.78 is 12.2. The monoisotopic (exact) mass is 471 g/mol. The molecule has 2 aromatic heterocycles. The molecule has 5 rings (SSSR count). The van der Waals surface area contributed by atoms with Crippen molar-refractivity contribution in [3.8, 4) is 11.4 Å². The smallest absolute Gasteiger partial charge is 0.316 e. The largest absolute Gasteiger partial charge is 0.497 e. The third-order valence-electron chi connectivity index (χ3n) is 5.37. The molecular formula is C26H21N3O4S. The van der Waals surface area contributed by atoms with Crippen molar-refractivity contribution in [3.05, 3.63) is 94.8 Å². The Hall–Kier alpha value is -4.04. The number of aromatic amines is 1. The molecule has 170 valence electrons. The molecule has 0 spiro atoms. The molecule has 34 heavy (non-hydrogen) atoms. The molecule has 7 nitrogen and oxygen atoms in total. The zero-order valence-corrected chi connectivity index (χ0v) is 19.2. The fourth-order valence-electron chi connectivity index (χ4n) is 3.72. The lowest BCUT2D eigenvalue weighted by molar-refractivity contribution is -0.141. The number of hydrogen-bond donors (Lipinski definition) is 1. The Balaban J connectivity index is 1.52. The van der Waals surface area contributed by atoms with Gasteiger partial charge in [-0.1, -0.05) is 66.4 Å². The molecule has 0 atom stereocenters. The minimum absolute atomic E-state index is 0.0110. The van der Waals surface area contributed by atoms with Crippen molar-refractivity contribution in [2.75, 3.05) is 12.9 Å². The number of methoxy groups -OCH3 is 1. The van der Waals surface area contributed by atoms with Crippen molar-refractivity contribution in [1.29, 1.82) is 0 Å². The minimum atomic E-state index is -0.390. The fraction of sp³-hybridized carbons (Fsp3) is 0.115. The van der Waals surface area contributed by atoms with Crippen LogP contribution in [0.1, 0.15) is 5.56 Å². The number of H-pyrrole nitrogens is 1. The average Bonchev–Trinajstić information content (AvgIpc) is 3.26. The van der Waals surface area contributed by atoms with Crippen LogP contribution in [0.15, 0.2) is 88.8 Å². The molecule has 0 fully saturated rings. The molecule has 0 unspecified atom stereocenters. The van der Waals surface area contributed by atoms with Gasteiger partial charge in [-0.15, -0.1) is 0 Å². The number of nitrogens with one attached hydrogen (secondary N) is 1. The molecule has 5 aromatic rings. The highest BCUT2D eigenvalue weighted by atomic mass is 32.2. The number of hydrogen-bond acceptors (Lipinski definition) is 6. The zero-order chi connectivity index (χ0) is 23.5. The molecule has 2 heterocycles. The van der Waals surface area contributed by atoms with E-state index in [1.165, 1.54) is 4.57 Å².